The third-order valence-corrected chi connectivity index (χ3v) is 2.10. The first-order valence-electron chi connectivity index (χ1n) is 3.91. The van der Waals surface area contributed by atoms with Crippen LogP contribution >= 0.6 is 0 Å². The number of epoxide rings is 1. The van der Waals surface area contributed by atoms with Gasteiger partial charge in [0, 0.05) is 6.08 Å². The Morgan fingerprint density at radius 2 is 2.17 bits per heavy atom. The highest BCUT2D eigenvalue weighted by Crippen LogP contribution is 2.30. The van der Waals surface area contributed by atoms with Crippen LogP contribution in [0.1, 0.15) is 6.92 Å². The van der Waals surface area contributed by atoms with Crippen molar-refractivity contribution < 1.29 is 19.4 Å². The average molecular weight is 170 g/mol. The summed E-state index contributed by atoms with van der Waals surface area (Å²) in [5.41, 5.74) is 0. The molecular weight excluding hydrogens is 160 g/mol. The SMILES string of the molecule is C[C@H]1O[C@@H]1[C@@H]1OC(=O)C=CC1O. The predicted octanol–water partition coefficient (Wildman–Crippen LogP) is -0.384. The first-order valence-corrected chi connectivity index (χ1v) is 3.91. The van der Waals surface area contributed by atoms with E-state index < -0.39 is 18.2 Å². The van der Waals surface area contributed by atoms with E-state index in [1.165, 1.54) is 12.2 Å². The average Bonchev–Trinajstić information content (AvgIpc) is 2.73. The molecule has 2 rings (SSSR count). The maximum absolute atomic E-state index is 10.8. The molecule has 2 aliphatic rings. The Hall–Kier alpha value is -0.870. The van der Waals surface area contributed by atoms with Gasteiger partial charge in [0.05, 0.1) is 6.10 Å². The molecule has 4 nitrogen and oxygen atoms in total. The lowest BCUT2D eigenvalue weighted by Crippen LogP contribution is -2.37. The van der Waals surface area contributed by atoms with E-state index in [0.29, 0.717) is 0 Å². The molecule has 4 atom stereocenters. The van der Waals surface area contributed by atoms with E-state index >= 15 is 0 Å². The summed E-state index contributed by atoms with van der Waals surface area (Å²) in [6.45, 7) is 1.88. The summed E-state index contributed by atoms with van der Waals surface area (Å²) in [6, 6.07) is 0. The van der Waals surface area contributed by atoms with E-state index in [2.05, 4.69) is 0 Å². The Kier molecular flexibility index (Phi) is 1.66. The summed E-state index contributed by atoms with van der Waals surface area (Å²) >= 11 is 0. The lowest BCUT2D eigenvalue weighted by atomic mass is 10.1. The number of aliphatic hydroxyl groups excluding tert-OH is 1. The molecule has 0 saturated carbocycles. The zero-order valence-corrected chi connectivity index (χ0v) is 6.64. The quantitative estimate of drug-likeness (QED) is 0.430. The number of hydrogen-bond acceptors (Lipinski definition) is 4. The Morgan fingerprint density at radius 1 is 1.50 bits per heavy atom. The molecule has 1 unspecified atom stereocenters. The fraction of sp³-hybridized carbons (Fsp3) is 0.625. The highest BCUT2D eigenvalue weighted by molar-refractivity contribution is 5.83. The van der Waals surface area contributed by atoms with Crippen LogP contribution in [0.15, 0.2) is 12.2 Å². The minimum absolute atomic E-state index is 0.0870. The number of cyclic esters (lactones) is 1. The molecule has 12 heavy (non-hydrogen) atoms. The number of esters is 1. The van der Waals surface area contributed by atoms with Crippen molar-refractivity contribution in [2.45, 2.75) is 31.3 Å². The van der Waals surface area contributed by atoms with Crippen LogP contribution in [0.4, 0.5) is 0 Å². The highest BCUT2D eigenvalue weighted by Gasteiger charge is 2.47. The first-order chi connectivity index (χ1) is 5.68. The van der Waals surface area contributed by atoms with E-state index in [1.807, 2.05) is 6.92 Å². The van der Waals surface area contributed by atoms with Gasteiger partial charge in [-0.05, 0) is 13.0 Å². The zero-order valence-electron chi connectivity index (χ0n) is 6.64. The molecule has 0 aromatic rings. The second kappa shape index (κ2) is 2.57. The molecule has 0 bridgehead atoms. The summed E-state index contributed by atoms with van der Waals surface area (Å²) in [5.74, 6) is -0.409. The fourth-order valence-corrected chi connectivity index (χ4v) is 1.34. The Balaban J connectivity index is 2.06. The van der Waals surface area contributed by atoms with Crippen molar-refractivity contribution in [2.75, 3.05) is 0 Å². The molecule has 2 heterocycles. The monoisotopic (exact) mass is 170 g/mol. The number of carbonyl (C=O) groups excluding carboxylic acids is 1. The van der Waals surface area contributed by atoms with Crippen LogP contribution in [0.3, 0.4) is 0 Å². The van der Waals surface area contributed by atoms with Gasteiger partial charge in [-0.1, -0.05) is 0 Å². The maximum Gasteiger partial charge on any atom is 0.330 e. The van der Waals surface area contributed by atoms with Gasteiger partial charge in [-0.15, -0.1) is 0 Å². The van der Waals surface area contributed by atoms with Gasteiger partial charge in [0.25, 0.3) is 0 Å². The van der Waals surface area contributed by atoms with E-state index in [0.717, 1.165) is 0 Å². The number of aliphatic hydroxyl groups is 1. The lowest BCUT2D eigenvalue weighted by Gasteiger charge is -2.21. The molecule has 1 fully saturated rings. The summed E-state index contributed by atoms with van der Waals surface area (Å²) in [7, 11) is 0. The fourth-order valence-electron chi connectivity index (χ4n) is 1.34. The number of rotatable bonds is 1. The number of hydrogen-bond donors (Lipinski definition) is 1. The van der Waals surface area contributed by atoms with Gasteiger partial charge >= 0.3 is 5.97 Å². The van der Waals surface area contributed by atoms with Crippen molar-refractivity contribution in [3.8, 4) is 0 Å². The summed E-state index contributed by atoms with van der Waals surface area (Å²) in [6.07, 6.45) is 1.38. The van der Waals surface area contributed by atoms with Gasteiger partial charge in [-0.25, -0.2) is 4.79 Å². The van der Waals surface area contributed by atoms with Crippen LogP contribution < -0.4 is 0 Å². The molecule has 66 valence electrons. The van der Waals surface area contributed by atoms with Gasteiger partial charge in [-0.3, -0.25) is 0 Å². The minimum atomic E-state index is -0.724. The Bertz CT molecular complexity index is 235. The molecule has 0 aromatic carbocycles. The topological polar surface area (TPSA) is 59.1 Å². The lowest BCUT2D eigenvalue weighted by molar-refractivity contribution is -0.150. The van der Waals surface area contributed by atoms with Crippen molar-refractivity contribution >= 4 is 5.97 Å². The van der Waals surface area contributed by atoms with Gasteiger partial charge in [0.1, 0.15) is 12.2 Å². The number of carbonyl (C=O) groups is 1. The smallest absolute Gasteiger partial charge is 0.330 e. The van der Waals surface area contributed by atoms with Crippen LogP contribution in [0, 0.1) is 0 Å². The van der Waals surface area contributed by atoms with Crippen molar-refractivity contribution in [3.63, 3.8) is 0 Å². The zero-order chi connectivity index (χ0) is 8.72. The van der Waals surface area contributed by atoms with Crippen LogP contribution in [-0.2, 0) is 14.3 Å². The van der Waals surface area contributed by atoms with Crippen molar-refractivity contribution in [2.24, 2.45) is 0 Å². The molecule has 4 heteroatoms. The molecule has 0 amide bonds. The van der Waals surface area contributed by atoms with E-state index in [4.69, 9.17) is 9.47 Å². The molecular formula is C8H10O4. The van der Waals surface area contributed by atoms with E-state index in [9.17, 15) is 9.90 Å². The molecule has 1 saturated heterocycles. The van der Waals surface area contributed by atoms with Gasteiger partial charge in [-0.2, -0.15) is 0 Å². The van der Waals surface area contributed by atoms with E-state index in [-0.39, 0.29) is 12.2 Å². The highest BCUT2D eigenvalue weighted by atomic mass is 16.6. The Labute approximate surface area is 69.8 Å². The van der Waals surface area contributed by atoms with Crippen molar-refractivity contribution in [1.82, 2.24) is 0 Å². The van der Waals surface area contributed by atoms with Gasteiger partial charge < -0.3 is 14.6 Å². The molecule has 0 spiro atoms. The third-order valence-electron chi connectivity index (χ3n) is 2.10. The van der Waals surface area contributed by atoms with Crippen molar-refractivity contribution in [1.29, 1.82) is 0 Å². The Morgan fingerprint density at radius 3 is 2.75 bits per heavy atom. The van der Waals surface area contributed by atoms with Crippen LogP contribution in [0.5, 0.6) is 0 Å². The van der Waals surface area contributed by atoms with Crippen LogP contribution in [0.25, 0.3) is 0 Å². The van der Waals surface area contributed by atoms with E-state index in [1.54, 1.807) is 0 Å². The second-order valence-corrected chi connectivity index (χ2v) is 3.06. The van der Waals surface area contributed by atoms with Crippen LogP contribution in [0.2, 0.25) is 0 Å². The third kappa shape index (κ3) is 1.23. The molecule has 0 aromatic heterocycles. The van der Waals surface area contributed by atoms with Crippen LogP contribution in [-0.4, -0.2) is 35.5 Å². The molecule has 0 radical (unpaired) electrons. The first kappa shape index (κ1) is 7.76. The van der Waals surface area contributed by atoms with Gasteiger partial charge in [0.2, 0.25) is 0 Å². The standard InChI is InChI=1S/C8H10O4/c1-4-7(11-4)8-5(9)2-3-6(10)12-8/h2-5,7-9H,1H3/t4-,5?,7+,8-/m1/s1. The molecule has 2 aliphatic heterocycles. The minimum Gasteiger partial charge on any atom is -0.453 e. The largest absolute Gasteiger partial charge is 0.453 e. The summed E-state index contributed by atoms with van der Waals surface area (Å²) < 4.78 is 10.00. The number of ether oxygens (including phenoxy) is 2. The summed E-state index contributed by atoms with van der Waals surface area (Å²) in [5, 5.41) is 9.37. The molecule has 0 aliphatic carbocycles. The maximum atomic E-state index is 10.8. The summed E-state index contributed by atoms with van der Waals surface area (Å²) in [4.78, 5) is 10.8. The van der Waals surface area contributed by atoms with Gasteiger partial charge in [0.15, 0.2) is 6.10 Å². The normalized spacial score (nSPS) is 45.7. The second-order valence-electron chi connectivity index (χ2n) is 3.06. The predicted molar refractivity (Wildman–Crippen MR) is 39.4 cm³/mol. The molecule has 1 N–H and O–H groups in total. The van der Waals surface area contributed by atoms with Crippen molar-refractivity contribution in [3.05, 3.63) is 12.2 Å².